The van der Waals surface area contributed by atoms with E-state index in [0.717, 1.165) is 44.2 Å². The van der Waals surface area contributed by atoms with E-state index in [-0.39, 0.29) is 28.9 Å². The number of nitrogens with one attached hydrogen (secondary N) is 2. The second-order valence-corrected chi connectivity index (χ2v) is 11.7. The van der Waals surface area contributed by atoms with Crippen LogP contribution >= 0.6 is 0 Å². The summed E-state index contributed by atoms with van der Waals surface area (Å²) in [4.78, 5) is 46.9. The summed E-state index contributed by atoms with van der Waals surface area (Å²) in [6, 6.07) is -0.748. The van der Waals surface area contributed by atoms with Crippen LogP contribution in [-0.4, -0.2) is 65.9 Å². The second kappa shape index (κ2) is 9.24. The normalized spacial score (nSPS) is 28.8. The molecule has 0 bridgehead atoms. The first-order chi connectivity index (χ1) is 15.3. The number of hydrogen-bond acceptors (Lipinski definition) is 5. The first kappa shape index (κ1) is 25.5. The van der Waals surface area contributed by atoms with E-state index < -0.39 is 11.9 Å². The van der Waals surface area contributed by atoms with Crippen LogP contribution in [0.2, 0.25) is 0 Å². The van der Waals surface area contributed by atoms with Crippen LogP contribution in [0.4, 0.5) is 0 Å². The first-order valence-electron chi connectivity index (χ1n) is 12.0. The van der Waals surface area contributed by atoms with E-state index in [1.807, 2.05) is 25.7 Å². The number of ether oxygens (including phenoxy) is 1. The molecule has 2 saturated carbocycles. The molecule has 186 valence electrons. The molecule has 4 N–H and O–H groups in total. The molecule has 2 aliphatic heterocycles. The van der Waals surface area contributed by atoms with Gasteiger partial charge in [0.2, 0.25) is 24.1 Å². The SMILES string of the molecule is CC(C)(C)OCCC(=O)N1CC2C(C1)C2(C)C.NC(=O)C(CC1CC2(CC2)NC1=O)NC=O. The summed E-state index contributed by atoms with van der Waals surface area (Å²) in [5, 5.41) is 5.28. The molecule has 2 heterocycles. The second-order valence-electron chi connectivity index (χ2n) is 11.7. The van der Waals surface area contributed by atoms with Gasteiger partial charge in [-0.25, -0.2) is 0 Å². The zero-order valence-electron chi connectivity index (χ0n) is 20.6. The molecule has 9 heteroatoms. The lowest BCUT2D eigenvalue weighted by atomic mass is 9.95. The molecule has 0 radical (unpaired) electrons. The van der Waals surface area contributed by atoms with Crippen molar-refractivity contribution in [3.8, 4) is 0 Å². The Labute approximate surface area is 196 Å². The van der Waals surface area contributed by atoms with E-state index in [9.17, 15) is 19.2 Å². The minimum Gasteiger partial charge on any atom is -0.375 e. The van der Waals surface area contributed by atoms with Gasteiger partial charge >= 0.3 is 0 Å². The Morgan fingerprint density at radius 1 is 1.27 bits per heavy atom. The zero-order valence-corrected chi connectivity index (χ0v) is 20.6. The van der Waals surface area contributed by atoms with Crippen LogP contribution in [0.25, 0.3) is 0 Å². The van der Waals surface area contributed by atoms with Crippen LogP contribution in [0.3, 0.4) is 0 Å². The van der Waals surface area contributed by atoms with Crippen LogP contribution in [0.15, 0.2) is 0 Å². The fraction of sp³-hybridized carbons (Fsp3) is 0.833. The van der Waals surface area contributed by atoms with Gasteiger partial charge in [0.05, 0.1) is 18.6 Å². The van der Waals surface area contributed by atoms with Crippen molar-refractivity contribution in [1.29, 1.82) is 0 Å². The Bertz CT molecular complexity index is 772. The Balaban J connectivity index is 0.000000186. The number of rotatable bonds is 8. The number of carbonyl (C=O) groups excluding carboxylic acids is 4. The molecular weight excluding hydrogens is 424 g/mol. The molecule has 4 fully saturated rings. The van der Waals surface area contributed by atoms with Gasteiger partial charge < -0.3 is 26.0 Å². The van der Waals surface area contributed by atoms with Gasteiger partial charge in [0.15, 0.2) is 0 Å². The van der Waals surface area contributed by atoms with Crippen molar-refractivity contribution in [2.75, 3.05) is 19.7 Å². The molecule has 4 atom stereocenters. The van der Waals surface area contributed by atoms with E-state index >= 15 is 0 Å². The summed E-state index contributed by atoms with van der Waals surface area (Å²) in [5.41, 5.74) is 5.47. The number of likely N-dealkylation sites (tertiary alicyclic amines) is 1. The maximum Gasteiger partial charge on any atom is 0.240 e. The van der Waals surface area contributed by atoms with Crippen molar-refractivity contribution < 1.29 is 23.9 Å². The third kappa shape index (κ3) is 6.25. The van der Waals surface area contributed by atoms with Gasteiger partial charge in [0, 0.05) is 24.5 Å². The number of fused-ring (bicyclic) bond motifs is 1. The summed E-state index contributed by atoms with van der Waals surface area (Å²) >= 11 is 0. The van der Waals surface area contributed by atoms with Crippen molar-refractivity contribution in [2.24, 2.45) is 28.9 Å². The highest BCUT2D eigenvalue weighted by molar-refractivity contribution is 5.86. The van der Waals surface area contributed by atoms with Gasteiger partial charge in [-0.2, -0.15) is 0 Å². The predicted molar refractivity (Wildman–Crippen MR) is 123 cm³/mol. The predicted octanol–water partition coefficient (Wildman–Crippen LogP) is 0.951. The average Bonchev–Trinajstić information content (AvgIpc) is 3.38. The lowest BCUT2D eigenvalue weighted by Gasteiger charge is -2.24. The van der Waals surface area contributed by atoms with Crippen molar-refractivity contribution >= 4 is 24.1 Å². The quantitative estimate of drug-likeness (QED) is 0.460. The van der Waals surface area contributed by atoms with Gasteiger partial charge in [0.1, 0.15) is 6.04 Å². The maximum atomic E-state index is 12.0. The molecule has 4 aliphatic rings. The number of nitrogens with zero attached hydrogens (tertiary/aromatic N) is 1. The van der Waals surface area contributed by atoms with Crippen LogP contribution in [0.5, 0.6) is 0 Å². The largest absolute Gasteiger partial charge is 0.375 e. The third-order valence-corrected chi connectivity index (χ3v) is 7.71. The fourth-order valence-electron chi connectivity index (χ4n) is 5.22. The van der Waals surface area contributed by atoms with Crippen LogP contribution in [-0.2, 0) is 23.9 Å². The standard InChI is InChI=1S/C14H25NO2.C10H15N3O3/c1-13(2,3)17-7-6-12(16)15-8-10-11(9-15)14(10,4)5;11-8(15)7(12-5-14)3-6-4-10(1-2-10)13-9(6)16/h10-11H,6-9H2,1-5H3;5-7H,1-4H2,(H2,11,15)(H,12,14)(H,13,16). The van der Waals surface area contributed by atoms with Crippen molar-refractivity contribution in [3.63, 3.8) is 0 Å². The number of amides is 4. The average molecular weight is 465 g/mol. The molecule has 4 rings (SSSR count). The Morgan fingerprint density at radius 3 is 2.33 bits per heavy atom. The monoisotopic (exact) mass is 464 g/mol. The Morgan fingerprint density at radius 2 is 1.88 bits per heavy atom. The van der Waals surface area contributed by atoms with Crippen LogP contribution in [0.1, 0.15) is 66.7 Å². The molecule has 0 aromatic carbocycles. The first-order valence-corrected chi connectivity index (χ1v) is 12.0. The lowest BCUT2D eigenvalue weighted by Crippen LogP contribution is -2.42. The zero-order chi connectivity index (χ0) is 24.6. The summed E-state index contributed by atoms with van der Waals surface area (Å²) in [6.45, 7) is 13.1. The number of carbonyl (C=O) groups is 4. The Hall–Kier alpha value is -2.16. The van der Waals surface area contributed by atoms with Gasteiger partial charge in [0.25, 0.3) is 0 Å². The van der Waals surface area contributed by atoms with Gasteiger partial charge in [-0.05, 0) is 63.7 Å². The minimum absolute atomic E-state index is 0.00880. The number of primary amides is 1. The van der Waals surface area contributed by atoms with E-state index in [1.165, 1.54) is 0 Å². The molecule has 0 aromatic rings. The summed E-state index contributed by atoms with van der Waals surface area (Å²) in [7, 11) is 0. The van der Waals surface area contributed by atoms with E-state index in [2.05, 4.69) is 24.5 Å². The minimum atomic E-state index is -0.748. The maximum absolute atomic E-state index is 12.0. The van der Waals surface area contributed by atoms with Gasteiger partial charge in [-0.1, -0.05) is 13.8 Å². The molecule has 9 nitrogen and oxygen atoms in total. The molecule has 0 aromatic heterocycles. The van der Waals surface area contributed by atoms with Crippen molar-refractivity contribution in [3.05, 3.63) is 0 Å². The van der Waals surface area contributed by atoms with Crippen LogP contribution in [0, 0.1) is 23.2 Å². The van der Waals surface area contributed by atoms with Gasteiger partial charge in [-0.3, -0.25) is 19.2 Å². The van der Waals surface area contributed by atoms with E-state index in [4.69, 9.17) is 10.5 Å². The van der Waals surface area contributed by atoms with Gasteiger partial charge in [-0.15, -0.1) is 0 Å². The highest BCUT2D eigenvalue weighted by atomic mass is 16.5. The van der Waals surface area contributed by atoms with E-state index in [1.54, 1.807) is 0 Å². The van der Waals surface area contributed by atoms with Crippen molar-refractivity contribution in [2.45, 2.75) is 83.9 Å². The van der Waals surface area contributed by atoms with E-state index in [0.29, 0.717) is 31.3 Å². The smallest absolute Gasteiger partial charge is 0.240 e. The lowest BCUT2D eigenvalue weighted by molar-refractivity contribution is -0.133. The summed E-state index contributed by atoms with van der Waals surface area (Å²) in [5.74, 6) is 0.905. The fourth-order valence-corrected chi connectivity index (χ4v) is 5.22. The molecule has 2 aliphatic carbocycles. The highest BCUT2D eigenvalue weighted by Gasteiger charge is 2.62. The molecule has 33 heavy (non-hydrogen) atoms. The van der Waals surface area contributed by atoms with Crippen molar-refractivity contribution in [1.82, 2.24) is 15.5 Å². The molecule has 1 spiro atoms. The third-order valence-electron chi connectivity index (χ3n) is 7.71. The summed E-state index contributed by atoms with van der Waals surface area (Å²) < 4.78 is 5.59. The molecule has 4 amide bonds. The molecule has 4 unspecified atom stereocenters. The number of piperidine rings is 1. The van der Waals surface area contributed by atoms with Crippen LogP contribution < -0.4 is 16.4 Å². The Kier molecular flexibility index (Phi) is 7.13. The summed E-state index contributed by atoms with van der Waals surface area (Å²) in [6.07, 6.45) is 4.03. The molecular formula is C24H40N4O5. The number of hydrogen-bond donors (Lipinski definition) is 3. The topological polar surface area (TPSA) is 131 Å². The molecule has 2 saturated heterocycles. The number of nitrogens with two attached hydrogens (primary N) is 1. The highest BCUT2D eigenvalue weighted by Crippen LogP contribution is 2.61.